The van der Waals surface area contributed by atoms with Gasteiger partial charge < -0.3 is 20.9 Å². The van der Waals surface area contributed by atoms with Gasteiger partial charge in [0, 0.05) is 4.88 Å². The molecule has 1 heterocycles. The highest BCUT2D eigenvalue weighted by molar-refractivity contribution is 7.19. The first-order valence-electron chi connectivity index (χ1n) is 5.90. The number of rotatable bonds is 4. The molecule has 20 heavy (non-hydrogen) atoms. The van der Waals surface area contributed by atoms with Crippen molar-refractivity contribution in [3.8, 4) is 21.9 Å². The first-order valence-corrected chi connectivity index (χ1v) is 6.72. The Morgan fingerprint density at radius 3 is 2.35 bits per heavy atom. The van der Waals surface area contributed by atoms with Gasteiger partial charge in [0.05, 0.1) is 24.8 Å². The van der Waals surface area contributed by atoms with Gasteiger partial charge in [-0.1, -0.05) is 0 Å². The van der Waals surface area contributed by atoms with Crippen LogP contribution in [0.5, 0.6) is 11.5 Å². The van der Waals surface area contributed by atoms with Gasteiger partial charge >= 0.3 is 0 Å². The summed E-state index contributed by atoms with van der Waals surface area (Å²) in [5.41, 5.74) is 13.3. The zero-order chi connectivity index (χ0) is 14.9. The summed E-state index contributed by atoms with van der Waals surface area (Å²) in [5.74, 6) is 0.758. The molecule has 1 aromatic carbocycles. The molecule has 2 rings (SSSR count). The highest BCUT2D eigenvalue weighted by atomic mass is 32.1. The molecule has 0 spiro atoms. The van der Waals surface area contributed by atoms with Crippen molar-refractivity contribution in [2.45, 2.75) is 6.92 Å². The molecule has 1 aromatic heterocycles. The van der Waals surface area contributed by atoms with Crippen molar-refractivity contribution in [3.05, 3.63) is 29.3 Å². The predicted octanol–water partition coefficient (Wildman–Crippen LogP) is 2.42. The van der Waals surface area contributed by atoms with Crippen LogP contribution in [0, 0.1) is 6.92 Å². The van der Waals surface area contributed by atoms with Gasteiger partial charge in [-0.2, -0.15) is 0 Å². The van der Waals surface area contributed by atoms with Gasteiger partial charge in [-0.3, -0.25) is 4.79 Å². The summed E-state index contributed by atoms with van der Waals surface area (Å²) < 4.78 is 10.5. The molecule has 6 heteroatoms. The van der Waals surface area contributed by atoms with E-state index in [2.05, 4.69) is 0 Å². The van der Waals surface area contributed by atoms with E-state index < -0.39 is 5.91 Å². The molecule has 2 aromatic rings. The quantitative estimate of drug-likeness (QED) is 0.906. The molecule has 0 saturated heterocycles. The molecule has 5 nitrogen and oxygen atoms in total. The Morgan fingerprint density at radius 2 is 1.85 bits per heavy atom. The Labute approximate surface area is 121 Å². The summed E-state index contributed by atoms with van der Waals surface area (Å²) in [6.45, 7) is 1.83. The molecule has 0 saturated carbocycles. The van der Waals surface area contributed by atoms with Crippen LogP contribution in [0.25, 0.3) is 10.4 Å². The van der Waals surface area contributed by atoms with Crippen molar-refractivity contribution in [1.29, 1.82) is 0 Å². The predicted molar refractivity (Wildman–Crippen MR) is 80.5 cm³/mol. The Morgan fingerprint density at radius 1 is 1.20 bits per heavy atom. The number of nitrogen functional groups attached to an aromatic ring is 1. The van der Waals surface area contributed by atoms with E-state index in [-0.39, 0.29) is 0 Å². The second-order valence-corrected chi connectivity index (χ2v) is 5.28. The molecule has 0 fully saturated rings. The van der Waals surface area contributed by atoms with E-state index in [1.807, 2.05) is 25.1 Å². The minimum Gasteiger partial charge on any atom is -0.493 e. The lowest BCUT2D eigenvalue weighted by atomic mass is 10.1. The molecule has 4 N–H and O–H groups in total. The minimum absolute atomic E-state index is 0.389. The lowest BCUT2D eigenvalue weighted by molar-refractivity contribution is 0.100. The van der Waals surface area contributed by atoms with Gasteiger partial charge in [0.2, 0.25) is 0 Å². The number of thiophene rings is 1. The second-order valence-electron chi connectivity index (χ2n) is 4.23. The second kappa shape index (κ2) is 5.42. The third-order valence-electron chi connectivity index (χ3n) is 3.07. The molecule has 106 valence electrons. The van der Waals surface area contributed by atoms with Crippen molar-refractivity contribution in [2.24, 2.45) is 5.73 Å². The van der Waals surface area contributed by atoms with E-state index in [9.17, 15) is 4.79 Å². The van der Waals surface area contributed by atoms with Crippen molar-refractivity contribution < 1.29 is 14.3 Å². The molecular weight excluding hydrogens is 276 g/mol. The number of hydrogen-bond acceptors (Lipinski definition) is 5. The number of carbonyl (C=O) groups excluding carboxylic acids is 1. The Bertz CT molecular complexity index is 665. The molecule has 0 aliphatic rings. The SMILES string of the molecule is COc1ccc(-c2sc(N)c(C(N)=O)c2C)cc1OC. The Balaban J connectivity index is 2.58. The maximum absolute atomic E-state index is 11.4. The van der Waals surface area contributed by atoms with Crippen molar-refractivity contribution in [3.63, 3.8) is 0 Å². The average Bonchev–Trinajstić information content (AvgIpc) is 2.73. The van der Waals surface area contributed by atoms with Crippen molar-refractivity contribution >= 4 is 22.2 Å². The number of methoxy groups -OCH3 is 2. The summed E-state index contributed by atoms with van der Waals surface area (Å²) >= 11 is 1.34. The third kappa shape index (κ3) is 2.30. The summed E-state index contributed by atoms with van der Waals surface area (Å²) in [6, 6.07) is 5.56. The maximum atomic E-state index is 11.4. The van der Waals surface area contributed by atoms with Crippen LogP contribution in [0.1, 0.15) is 15.9 Å². The zero-order valence-corrected chi connectivity index (χ0v) is 12.3. The first kappa shape index (κ1) is 14.2. The number of primary amides is 1. The van der Waals surface area contributed by atoms with Gasteiger partial charge in [0.1, 0.15) is 0 Å². The number of ether oxygens (including phenoxy) is 2. The zero-order valence-electron chi connectivity index (χ0n) is 11.5. The number of anilines is 1. The number of nitrogens with two attached hydrogens (primary N) is 2. The molecule has 0 atom stereocenters. The lowest BCUT2D eigenvalue weighted by Crippen LogP contribution is -2.13. The summed E-state index contributed by atoms with van der Waals surface area (Å²) in [4.78, 5) is 12.3. The summed E-state index contributed by atoms with van der Waals surface area (Å²) in [7, 11) is 3.16. The van der Waals surface area contributed by atoms with E-state index in [4.69, 9.17) is 20.9 Å². The van der Waals surface area contributed by atoms with Gasteiger partial charge in [0.25, 0.3) is 5.91 Å². The Kier molecular flexibility index (Phi) is 3.85. The summed E-state index contributed by atoms with van der Waals surface area (Å²) in [6.07, 6.45) is 0. The van der Waals surface area contributed by atoms with Crippen LogP contribution < -0.4 is 20.9 Å². The average molecular weight is 292 g/mol. The van der Waals surface area contributed by atoms with E-state index in [0.29, 0.717) is 22.1 Å². The summed E-state index contributed by atoms with van der Waals surface area (Å²) in [5, 5.41) is 0.430. The van der Waals surface area contributed by atoms with E-state index in [1.165, 1.54) is 11.3 Å². The van der Waals surface area contributed by atoms with Crippen LogP contribution in [0.2, 0.25) is 0 Å². The molecule has 1 amide bonds. The highest BCUT2D eigenvalue weighted by Crippen LogP contribution is 2.40. The molecule has 0 aliphatic carbocycles. The molecule has 0 aliphatic heterocycles. The van der Waals surface area contributed by atoms with Gasteiger partial charge in [-0.15, -0.1) is 11.3 Å². The highest BCUT2D eigenvalue weighted by Gasteiger charge is 2.19. The fraction of sp³-hybridized carbons (Fsp3) is 0.214. The molecular formula is C14H16N2O3S. The number of hydrogen-bond donors (Lipinski definition) is 2. The monoisotopic (exact) mass is 292 g/mol. The van der Waals surface area contributed by atoms with Crippen LogP contribution in [0.4, 0.5) is 5.00 Å². The van der Waals surface area contributed by atoms with Crippen LogP contribution in [-0.4, -0.2) is 20.1 Å². The first-order chi connectivity index (χ1) is 9.49. The molecule has 0 unspecified atom stereocenters. The fourth-order valence-corrected chi connectivity index (χ4v) is 3.17. The Hall–Kier alpha value is -2.21. The van der Waals surface area contributed by atoms with E-state index in [1.54, 1.807) is 14.2 Å². The normalized spacial score (nSPS) is 10.3. The number of carbonyl (C=O) groups is 1. The van der Waals surface area contributed by atoms with Crippen LogP contribution in [0.15, 0.2) is 18.2 Å². The topological polar surface area (TPSA) is 87.6 Å². The maximum Gasteiger partial charge on any atom is 0.251 e. The molecule has 0 bridgehead atoms. The van der Waals surface area contributed by atoms with Gasteiger partial charge in [-0.05, 0) is 36.2 Å². The van der Waals surface area contributed by atoms with E-state index in [0.717, 1.165) is 16.0 Å². The number of benzene rings is 1. The third-order valence-corrected chi connectivity index (χ3v) is 4.24. The fourth-order valence-electron chi connectivity index (χ4n) is 2.09. The van der Waals surface area contributed by atoms with Gasteiger partial charge in [0.15, 0.2) is 11.5 Å². The van der Waals surface area contributed by atoms with Gasteiger partial charge in [-0.25, -0.2) is 0 Å². The van der Waals surface area contributed by atoms with Crippen molar-refractivity contribution in [1.82, 2.24) is 0 Å². The standard InChI is InChI=1S/C14H16N2O3S/c1-7-11(13(15)17)14(16)20-12(7)8-4-5-9(18-2)10(6-8)19-3/h4-6H,16H2,1-3H3,(H2,15,17). The lowest BCUT2D eigenvalue weighted by Gasteiger charge is -2.09. The minimum atomic E-state index is -0.511. The van der Waals surface area contributed by atoms with Crippen LogP contribution in [0.3, 0.4) is 0 Å². The van der Waals surface area contributed by atoms with E-state index >= 15 is 0 Å². The molecule has 0 radical (unpaired) electrons. The van der Waals surface area contributed by atoms with Crippen LogP contribution in [-0.2, 0) is 0 Å². The van der Waals surface area contributed by atoms with Crippen molar-refractivity contribution in [2.75, 3.05) is 20.0 Å². The van der Waals surface area contributed by atoms with Crippen LogP contribution >= 0.6 is 11.3 Å². The smallest absolute Gasteiger partial charge is 0.251 e. The number of amides is 1. The largest absolute Gasteiger partial charge is 0.493 e.